The first-order chi connectivity index (χ1) is 15.1. The van der Waals surface area contributed by atoms with Crippen LogP contribution in [0.5, 0.6) is 11.6 Å². The molecule has 0 radical (unpaired) electrons. The van der Waals surface area contributed by atoms with Crippen molar-refractivity contribution in [2.75, 3.05) is 13.2 Å². The summed E-state index contributed by atoms with van der Waals surface area (Å²) in [6.07, 6.45) is 1.18. The Morgan fingerprint density at radius 1 is 1.19 bits per heavy atom. The monoisotopic (exact) mass is 538 g/mol. The molecule has 0 saturated carbocycles. The molecule has 1 fully saturated rings. The minimum absolute atomic E-state index is 0.000814. The summed E-state index contributed by atoms with van der Waals surface area (Å²) in [7, 11) is 0. The summed E-state index contributed by atoms with van der Waals surface area (Å²) in [4.78, 5) is 25.7. The van der Waals surface area contributed by atoms with Gasteiger partial charge in [0.1, 0.15) is 21.7 Å². The van der Waals surface area contributed by atoms with E-state index in [4.69, 9.17) is 67.5 Å². The van der Waals surface area contributed by atoms with Gasteiger partial charge in [0.2, 0.25) is 11.7 Å². The smallest absolute Gasteiger partial charge is 0.271 e. The second-order valence-corrected chi connectivity index (χ2v) is 8.86. The average molecular weight is 541 g/mol. The van der Waals surface area contributed by atoms with Gasteiger partial charge in [0.25, 0.3) is 5.56 Å². The third-order valence-electron chi connectivity index (χ3n) is 5.01. The fraction of sp³-hybridized carbons (Fsp3) is 0.350. The van der Waals surface area contributed by atoms with Crippen LogP contribution in [0.4, 0.5) is 0 Å². The highest BCUT2D eigenvalue weighted by atomic mass is 35.5. The van der Waals surface area contributed by atoms with E-state index in [1.54, 1.807) is 6.07 Å². The van der Waals surface area contributed by atoms with Crippen LogP contribution in [0, 0.1) is 18.3 Å². The lowest BCUT2D eigenvalue weighted by molar-refractivity contribution is 0.0894. The van der Waals surface area contributed by atoms with Crippen molar-refractivity contribution in [3.63, 3.8) is 0 Å². The standard InChI is InChI=1S/C20H15Cl5N2O5/c1-8-10(5-26)19(29)27(6-9-3-2-4-31-9)20(30)12(8)11(28)7-32-18-16(24)14(22)13(21)15(23)17(18)25/h9,30H,2-4,6-7H2,1H3. The summed E-state index contributed by atoms with van der Waals surface area (Å²) in [6, 6.07) is 1.79. The van der Waals surface area contributed by atoms with Crippen LogP contribution in [0.2, 0.25) is 25.1 Å². The Morgan fingerprint density at radius 2 is 1.78 bits per heavy atom. The second kappa shape index (κ2) is 10.1. The van der Waals surface area contributed by atoms with Crippen molar-refractivity contribution >= 4 is 63.8 Å². The Morgan fingerprint density at radius 3 is 2.31 bits per heavy atom. The third kappa shape index (κ3) is 4.54. The molecule has 1 unspecified atom stereocenters. The van der Waals surface area contributed by atoms with Gasteiger partial charge in [0.05, 0.1) is 33.3 Å². The molecular formula is C20H15Cl5N2O5. The second-order valence-electron chi connectivity index (χ2n) is 6.97. The zero-order chi connectivity index (χ0) is 23.7. The van der Waals surface area contributed by atoms with E-state index >= 15 is 0 Å². The number of hydrogen-bond acceptors (Lipinski definition) is 6. The molecule has 12 heteroatoms. The average Bonchev–Trinajstić information content (AvgIpc) is 3.27. The van der Waals surface area contributed by atoms with E-state index in [1.807, 2.05) is 0 Å². The van der Waals surface area contributed by atoms with Gasteiger partial charge < -0.3 is 14.6 Å². The molecule has 170 valence electrons. The number of carbonyl (C=O) groups is 1. The maximum absolute atomic E-state index is 13.0. The van der Waals surface area contributed by atoms with Gasteiger partial charge in [-0.3, -0.25) is 14.2 Å². The minimum Gasteiger partial charge on any atom is -0.494 e. The topological polar surface area (TPSA) is 102 Å². The molecule has 7 nitrogen and oxygen atoms in total. The number of aromatic nitrogens is 1. The number of Topliss-reactive ketones (excluding diaryl/α,β-unsaturated/α-hetero) is 1. The maximum atomic E-state index is 13.0. The number of pyridine rings is 1. The summed E-state index contributed by atoms with van der Waals surface area (Å²) >= 11 is 30.2. The molecule has 0 amide bonds. The zero-order valence-electron chi connectivity index (χ0n) is 16.5. The number of nitrogens with zero attached hydrogens (tertiary/aromatic N) is 2. The lowest BCUT2D eigenvalue weighted by Gasteiger charge is -2.18. The van der Waals surface area contributed by atoms with Crippen molar-refractivity contribution in [3.05, 3.63) is 52.2 Å². The number of rotatable bonds is 6. The van der Waals surface area contributed by atoms with Gasteiger partial charge in [-0.15, -0.1) is 0 Å². The van der Waals surface area contributed by atoms with Crippen molar-refractivity contribution in [1.29, 1.82) is 5.26 Å². The van der Waals surface area contributed by atoms with Gasteiger partial charge >= 0.3 is 0 Å². The number of carbonyl (C=O) groups excluding carboxylic acids is 1. The molecule has 32 heavy (non-hydrogen) atoms. The van der Waals surface area contributed by atoms with Crippen LogP contribution in [-0.2, 0) is 11.3 Å². The molecule has 1 N–H and O–H groups in total. The fourth-order valence-corrected chi connectivity index (χ4v) is 4.60. The van der Waals surface area contributed by atoms with Gasteiger partial charge in [-0.05, 0) is 25.3 Å². The summed E-state index contributed by atoms with van der Waals surface area (Å²) < 4.78 is 11.9. The van der Waals surface area contributed by atoms with E-state index in [-0.39, 0.29) is 60.2 Å². The predicted molar refractivity (Wildman–Crippen MR) is 122 cm³/mol. The predicted octanol–water partition coefficient (Wildman–Crippen LogP) is 5.44. The first-order valence-electron chi connectivity index (χ1n) is 9.25. The zero-order valence-corrected chi connectivity index (χ0v) is 20.3. The molecule has 1 aromatic heterocycles. The van der Waals surface area contributed by atoms with E-state index in [1.165, 1.54) is 6.92 Å². The van der Waals surface area contributed by atoms with Crippen LogP contribution >= 0.6 is 58.0 Å². The Hall–Kier alpha value is -1.66. The van der Waals surface area contributed by atoms with E-state index in [0.717, 1.165) is 11.0 Å². The summed E-state index contributed by atoms with van der Waals surface area (Å²) in [6.45, 7) is 1.27. The van der Waals surface area contributed by atoms with Gasteiger partial charge in [-0.2, -0.15) is 5.26 Å². The molecule has 2 heterocycles. The number of hydrogen-bond donors (Lipinski definition) is 1. The number of ketones is 1. The van der Waals surface area contributed by atoms with Crippen molar-refractivity contribution in [2.24, 2.45) is 0 Å². The van der Waals surface area contributed by atoms with Crippen molar-refractivity contribution in [3.8, 4) is 17.7 Å². The van der Waals surface area contributed by atoms with Crippen LogP contribution in [0.15, 0.2) is 4.79 Å². The highest BCUT2D eigenvalue weighted by molar-refractivity contribution is 6.55. The summed E-state index contributed by atoms with van der Waals surface area (Å²) in [5.41, 5.74) is -1.19. The SMILES string of the molecule is Cc1c(C(=O)COc2c(Cl)c(Cl)c(Cl)c(Cl)c2Cl)c(O)n(CC2CCCO2)c(=O)c1C#N. The number of ether oxygens (including phenoxy) is 2. The van der Waals surface area contributed by atoms with E-state index in [2.05, 4.69) is 0 Å². The van der Waals surface area contributed by atoms with Crippen molar-refractivity contribution < 1.29 is 19.4 Å². The first kappa shape index (κ1) is 25.0. The Bertz CT molecular complexity index is 1170. The molecule has 1 aromatic carbocycles. The molecule has 2 aromatic rings. The number of benzene rings is 1. The third-order valence-corrected chi connectivity index (χ3v) is 7.25. The summed E-state index contributed by atoms with van der Waals surface area (Å²) in [5.74, 6) is -1.49. The van der Waals surface area contributed by atoms with Gasteiger partial charge in [0.15, 0.2) is 12.4 Å². The van der Waals surface area contributed by atoms with Crippen LogP contribution in [0.1, 0.15) is 34.3 Å². The highest BCUT2D eigenvalue weighted by Crippen LogP contribution is 2.48. The molecular weight excluding hydrogens is 525 g/mol. The van der Waals surface area contributed by atoms with Crippen molar-refractivity contribution in [2.45, 2.75) is 32.4 Å². The molecule has 0 bridgehead atoms. The normalized spacial score (nSPS) is 15.6. The van der Waals surface area contributed by atoms with Crippen LogP contribution in [0.3, 0.4) is 0 Å². The molecule has 1 aliphatic heterocycles. The fourth-order valence-electron chi connectivity index (χ4n) is 3.37. The number of aromatic hydroxyl groups is 1. The van der Waals surface area contributed by atoms with Gasteiger partial charge in [-0.25, -0.2) is 0 Å². The largest absolute Gasteiger partial charge is 0.494 e. The Labute approximate surface area is 207 Å². The van der Waals surface area contributed by atoms with Crippen LogP contribution < -0.4 is 10.3 Å². The van der Waals surface area contributed by atoms with Gasteiger partial charge in [0, 0.05) is 6.61 Å². The maximum Gasteiger partial charge on any atom is 0.271 e. The Kier molecular flexibility index (Phi) is 7.87. The highest BCUT2D eigenvalue weighted by Gasteiger charge is 2.28. The van der Waals surface area contributed by atoms with E-state index in [0.29, 0.717) is 13.0 Å². The number of halogens is 5. The summed E-state index contributed by atoms with van der Waals surface area (Å²) in [5, 5.41) is 19.6. The lowest BCUT2D eigenvalue weighted by atomic mass is 10.0. The molecule has 0 aliphatic carbocycles. The van der Waals surface area contributed by atoms with E-state index < -0.39 is 23.8 Å². The van der Waals surface area contributed by atoms with Crippen molar-refractivity contribution in [1.82, 2.24) is 4.57 Å². The molecule has 0 spiro atoms. The Balaban J connectivity index is 1.98. The lowest BCUT2D eigenvalue weighted by Crippen LogP contribution is -2.31. The van der Waals surface area contributed by atoms with Crippen LogP contribution in [-0.4, -0.2) is 34.8 Å². The number of nitriles is 1. The minimum atomic E-state index is -0.730. The first-order valence-corrected chi connectivity index (χ1v) is 11.1. The molecule has 1 saturated heterocycles. The molecule has 1 atom stereocenters. The molecule has 1 aliphatic rings. The van der Waals surface area contributed by atoms with Gasteiger partial charge in [-0.1, -0.05) is 58.0 Å². The van der Waals surface area contributed by atoms with E-state index in [9.17, 15) is 20.0 Å². The molecule has 3 rings (SSSR count). The van der Waals surface area contributed by atoms with Crippen LogP contribution in [0.25, 0.3) is 0 Å². The quantitative estimate of drug-likeness (QED) is 0.297.